The largest absolute Gasteiger partial charge is 0.355 e. The molecule has 2 aromatic carbocycles. The zero-order valence-corrected chi connectivity index (χ0v) is 22.8. The highest BCUT2D eigenvalue weighted by Gasteiger charge is 2.52. The third-order valence-corrected chi connectivity index (χ3v) is 7.83. The van der Waals surface area contributed by atoms with Gasteiger partial charge in [0.15, 0.2) is 20.7 Å². The zero-order valence-electron chi connectivity index (χ0n) is 21.2. The van der Waals surface area contributed by atoms with Crippen LogP contribution < -0.4 is 15.5 Å². The van der Waals surface area contributed by atoms with Gasteiger partial charge >= 0.3 is 0 Å². The van der Waals surface area contributed by atoms with E-state index in [1.54, 1.807) is 4.90 Å². The molecule has 3 aromatic rings. The van der Waals surface area contributed by atoms with Crippen LogP contribution in [-0.2, 0) is 20.0 Å². The predicted octanol–water partition coefficient (Wildman–Crippen LogP) is 3.55. The van der Waals surface area contributed by atoms with Gasteiger partial charge in [0.25, 0.3) is 5.91 Å². The fourth-order valence-electron chi connectivity index (χ4n) is 4.53. The van der Waals surface area contributed by atoms with Gasteiger partial charge < -0.3 is 15.5 Å². The van der Waals surface area contributed by atoms with Crippen molar-refractivity contribution in [3.63, 3.8) is 0 Å². The normalized spacial score (nSPS) is 14.7. The molecule has 0 atom stereocenters. The third kappa shape index (κ3) is 5.08. The molecule has 0 unspecified atom stereocenters. The molecule has 0 saturated carbocycles. The Morgan fingerprint density at radius 3 is 2.37 bits per heavy atom. The smallest absolute Gasteiger partial charge is 0.253 e. The number of nitrogens with zero attached hydrogens (tertiary/aromatic N) is 3. The van der Waals surface area contributed by atoms with Crippen LogP contribution in [0.2, 0.25) is 5.02 Å². The average molecular weight is 560 g/mol. The molecule has 12 heteroatoms. The number of hydrogen-bond acceptors (Lipinski definition) is 7. The minimum Gasteiger partial charge on any atom is -0.355 e. The lowest BCUT2D eigenvalue weighted by Crippen LogP contribution is -2.66. The van der Waals surface area contributed by atoms with Crippen molar-refractivity contribution in [1.29, 1.82) is 0 Å². The Hall–Kier alpha value is -3.57. The summed E-state index contributed by atoms with van der Waals surface area (Å²) in [5.41, 5.74) is 0.704. The first-order chi connectivity index (χ1) is 17.9. The molecule has 1 aliphatic rings. The maximum absolute atomic E-state index is 14.4. The Labute approximate surface area is 225 Å². The number of amides is 2. The molecule has 2 heterocycles. The predicted molar refractivity (Wildman–Crippen MR) is 143 cm³/mol. The SMILES string of the molecule is CNC(=O)c1cc(Cl)c(F)cc1NC(=O)C1(c2ccccc2C(C)C)CN(c2ccc(S(C)(=O)=O)nn2)C1. The lowest BCUT2D eigenvalue weighted by Gasteiger charge is -2.50. The zero-order chi connectivity index (χ0) is 27.8. The Balaban J connectivity index is 1.74. The third-order valence-electron chi connectivity index (χ3n) is 6.56. The van der Waals surface area contributed by atoms with Gasteiger partial charge in [-0.1, -0.05) is 49.7 Å². The van der Waals surface area contributed by atoms with E-state index >= 15 is 0 Å². The van der Waals surface area contributed by atoms with E-state index in [0.29, 0.717) is 5.82 Å². The van der Waals surface area contributed by atoms with Gasteiger partial charge in [0.1, 0.15) is 11.2 Å². The number of rotatable bonds is 7. The topological polar surface area (TPSA) is 121 Å². The van der Waals surface area contributed by atoms with E-state index in [0.717, 1.165) is 23.4 Å². The highest BCUT2D eigenvalue weighted by Crippen LogP contribution is 2.41. The molecule has 1 fully saturated rings. The van der Waals surface area contributed by atoms with E-state index < -0.39 is 32.9 Å². The van der Waals surface area contributed by atoms with Crippen LogP contribution in [-0.4, -0.2) is 56.8 Å². The first-order valence-electron chi connectivity index (χ1n) is 11.8. The molecule has 1 aromatic heterocycles. The minimum atomic E-state index is -3.51. The summed E-state index contributed by atoms with van der Waals surface area (Å²) < 4.78 is 37.9. The number of anilines is 2. The van der Waals surface area contributed by atoms with Crippen LogP contribution in [0.4, 0.5) is 15.9 Å². The molecule has 0 bridgehead atoms. The first-order valence-corrected chi connectivity index (χ1v) is 14.0. The second-order valence-corrected chi connectivity index (χ2v) is 11.9. The number of nitrogens with one attached hydrogen (secondary N) is 2. The van der Waals surface area contributed by atoms with Gasteiger partial charge in [0.05, 0.1) is 16.3 Å². The van der Waals surface area contributed by atoms with Crippen molar-refractivity contribution in [3.8, 4) is 0 Å². The fraction of sp³-hybridized carbons (Fsp3) is 0.308. The lowest BCUT2D eigenvalue weighted by atomic mass is 9.69. The van der Waals surface area contributed by atoms with Crippen LogP contribution in [0.15, 0.2) is 53.6 Å². The summed E-state index contributed by atoms with van der Waals surface area (Å²) in [5.74, 6) is -1.23. The van der Waals surface area contributed by atoms with Crippen LogP contribution in [0.3, 0.4) is 0 Å². The van der Waals surface area contributed by atoms with Gasteiger partial charge in [-0.3, -0.25) is 9.59 Å². The molecule has 2 amide bonds. The number of sulfone groups is 1. The molecule has 9 nitrogen and oxygen atoms in total. The van der Waals surface area contributed by atoms with Crippen LogP contribution in [0.1, 0.15) is 41.3 Å². The van der Waals surface area contributed by atoms with Crippen molar-refractivity contribution < 1.29 is 22.4 Å². The van der Waals surface area contributed by atoms with Crippen LogP contribution in [0.5, 0.6) is 0 Å². The molecule has 0 spiro atoms. The summed E-state index contributed by atoms with van der Waals surface area (Å²) in [5, 5.41) is 12.7. The Morgan fingerprint density at radius 2 is 1.79 bits per heavy atom. The maximum Gasteiger partial charge on any atom is 0.253 e. The maximum atomic E-state index is 14.4. The molecular formula is C26H27ClFN5O4S. The number of benzene rings is 2. The first kappa shape index (κ1) is 27.5. The monoisotopic (exact) mass is 559 g/mol. The van der Waals surface area contributed by atoms with Gasteiger partial charge in [0.2, 0.25) is 5.91 Å². The number of carbonyl (C=O) groups is 2. The second-order valence-electron chi connectivity index (χ2n) is 9.53. The summed E-state index contributed by atoms with van der Waals surface area (Å²) in [6.07, 6.45) is 1.05. The summed E-state index contributed by atoms with van der Waals surface area (Å²) in [7, 11) is -2.09. The Kier molecular flexibility index (Phi) is 7.44. The van der Waals surface area contributed by atoms with E-state index in [1.807, 2.05) is 38.1 Å². The molecule has 1 saturated heterocycles. The van der Waals surface area contributed by atoms with E-state index in [-0.39, 0.29) is 40.3 Å². The molecule has 4 rings (SSSR count). The molecule has 200 valence electrons. The van der Waals surface area contributed by atoms with E-state index in [2.05, 4.69) is 20.8 Å². The van der Waals surface area contributed by atoms with Crippen molar-refractivity contribution in [1.82, 2.24) is 15.5 Å². The van der Waals surface area contributed by atoms with Crippen molar-refractivity contribution in [2.24, 2.45) is 0 Å². The van der Waals surface area contributed by atoms with Crippen molar-refractivity contribution in [2.45, 2.75) is 30.2 Å². The van der Waals surface area contributed by atoms with E-state index in [9.17, 15) is 22.4 Å². The van der Waals surface area contributed by atoms with Crippen LogP contribution >= 0.6 is 11.6 Å². The number of hydrogen-bond donors (Lipinski definition) is 2. The molecule has 38 heavy (non-hydrogen) atoms. The lowest BCUT2D eigenvalue weighted by molar-refractivity contribution is -0.122. The highest BCUT2D eigenvalue weighted by molar-refractivity contribution is 7.90. The van der Waals surface area contributed by atoms with Gasteiger partial charge in [-0.15, -0.1) is 10.2 Å². The Bertz CT molecular complexity index is 1510. The number of halogens is 2. The van der Waals surface area contributed by atoms with Gasteiger partial charge in [-0.25, -0.2) is 12.8 Å². The highest BCUT2D eigenvalue weighted by atomic mass is 35.5. The molecule has 0 radical (unpaired) electrons. The summed E-state index contributed by atoms with van der Waals surface area (Å²) >= 11 is 5.90. The van der Waals surface area contributed by atoms with Gasteiger partial charge in [-0.2, -0.15) is 0 Å². The van der Waals surface area contributed by atoms with E-state index in [4.69, 9.17) is 11.6 Å². The van der Waals surface area contributed by atoms with Crippen molar-refractivity contribution in [3.05, 3.63) is 76.1 Å². The van der Waals surface area contributed by atoms with Crippen LogP contribution in [0, 0.1) is 5.82 Å². The minimum absolute atomic E-state index is 0.00611. The van der Waals surface area contributed by atoms with Crippen molar-refractivity contribution >= 4 is 44.8 Å². The molecule has 0 aliphatic carbocycles. The number of carbonyl (C=O) groups excluding carboxylic acids is 2. The second kappa shape index (κ2) is 10.3. The quantitative estimate of drug-likeness (QED) is 0.454. The standard InChI is InChI=1S/C26H27ClFN5O4S/c1-15(2)16-7-5-6-8-18(16)26(13-33(14-26)22-9-10-23(32-31-22)38(4,36)37)25(35)30-21-12-20(28)19(27)11-17(21)24(34)29-3/h5-12,15H,13-14H2,1-4H3,(H,29,34)(H,30,35). The van der Waals surface area contributed by atoms with E-state index in [1.165, 1.54) is 25.2 Å². The van der Waals surface area contributed by atoms with Crippen molar-refractivity contribution in [2.75, 3.05) is 36.6 Å². The number of aromatic nitrogens is 2. The summed E-state index contributed by atoms with van der Waals surface area (Å²) in [4.78, 5) is 28.2. The molecule has 2 N–H and O–H groups in total. The van der Waals surface area contributed by atoms with Crippen LogP contribution in [0.25, 0.3) is 0 Å². The molecule has 1 aliphatic heterocycles. The summed E-state index contributed by atoms with van der Waals surface area (Å²) in [6, 6.07) is 12.7. The fourth-order valence-corrected chi connectivity index (χ4v) is 5.20. The summed E-state index contributed by atoms with van der Waals surface area (Å²) in [6.45, 7) is 4.44. The van der Waals surface area contributed by atoms with Gasteiger partial charge in [0, 0.05) is 26.4 Å². The van der Waals surface area contributed by atoms with Gasteiger partial charge in [-0.05, 0) is 41.3 Å². The average Bonchev–Trinajstić information content (AvgIpc) is 2.85. The Morgan fingerprint density at radius 1 is 1.11 bits per heavy atom. The molecular weight excluding hydrogens is 533 g/mol.